The lowest BCUT2D eigenvalue weighted by Crippen LogP contribution is -2.10. The Labute approximate surface area is 89.4 Å². The Hall–Kier alpha value is -0.530. The van der Waals surface area contributed by atoms with Gasteiger partial charge >= 0.3 is 0 Å². The molecule has 1 aromatic rings. The summed E-state index contributed by atoms with van der Waals surface area (Å²) in [7, 11) is 0.929. The Morgan fingerprint density at radius 3 is 2.43 bits per heavy atom. The Morgan fingerprint density at radius 2 is 2.00 bits per heavy atom. The smallest absolute Gasteiger partial charge is 0.263 e. The minimum absolute atomic E-state index is 0.110. The number of hydrogen-bond donors (Lipinski definition) is 1. The van der Waals surface area contributed by atoms with Crippen LogP contribution in [0.15, 0.2) is 23.1 Å². The van der Waals surface area contributed by atoms with Gasteiger partial charge in [-0.3, -0.25) is 5.21 Å². The molecule has 0 spiro atoms. The summed E-state index contributed by atoms with van der Waals surface area (Å²) >= 11 is 5.50. The molecule has 0 aliphatic heterocycles. The van der Waals surface area contributed by atoms with Gasteiger partial charge in [0.05, 0.1) is 5.69 Å². The van der Waals surface area contributed by atoms with Gasteiger partial charge in [0.2, 0.25) is 0 Å². The first-order chi connectivity index (χ1) is 6.32. The highest BCUT2D eigenvalue weighted by Crippen LogP contribution is 2.29. The Kier molecular flexibility index (Phi) is 3.23. The van der Waals surface area contributed by atoms with Crippen LogP contribution in [-0.2, 0) is 9.05 Å². The third-order valence-electron chi connectivity index (χ3n) is 1.39. The Bertz CT molecular complexity index is 445. The third-order valence-corrected chi connectivity index (χ3v) is 2.99. The fourth-order valence-electron chi connectivity index (χ4n) is 0.846. The van der Waals surface area contributed by atoms with E-state index in [9.17, 15) is 13.6 Å². The molecular formula is C6H4Cl2NO4S-. The van der Waals surface area contributed by atoms with Gasteiger partial charge in [-0.2, -0.15) is 0 Å². The first-order valence-corrected chi connectivity index (χ1v) is 5.91. The van der Waals surface area contributed by atoms with Gasteiger partial charge in [0, 0.05) is 15.7 Å². The van der Waals surface area contributed by atoms with E-state index in [0.717, 1.165) is 12.1 Å². The second-order valence-electron chi connectivity index (χ2n) is 2.32. The molecule has 5 nitrogen and oxygen atoms in total. The molecule has 0 unspecified atom stereocenters. The lowest BCUT2D eigenvalue weighted by atomic mass is 10.3. The van der Waals surface area contributed by atoms with Gasteiger partial charge in [-0.25, -0.2) is 8.42 Å². The summed E-state index contributed by atoms with van der Waals surface area (Å²) in [6.45, 7) is 0. The van der Waals surface area contributed by atoms with Gasteiger partial charge in [0.15, 0.2) is 0 Å². The molecule has 0 aliphatic carbocycles. The van der Waals surface area contributed by atoms with Crippen molar-refractivity contribution in [1.82, 2.24) is 0 Å². The molecule has 0 aromatic heterocycles. The molecule has 0 radical (unpaired) electrons. The van der Waals surface area contributed by atoms with Gasteiger partial charge in [0.1, 0.15) is 4.90 Å². The normalized spacial score (nSPS) is 11.4. The summed E-state index contributed by atoms with van der Waals surface area (Å²) in [6.07, 6.45) is 0. The lowest BCUT2D eigenvalue weighted by molar-refractivity contribution is 0.294. The predicted molar refractivity (Wildman–Crippen MR) is 52.1 cm³/mol. The van der Waals surface area contributed by atoms with Crippen molar-refractivity contribution in [2.75, 3.05) is 5.23 Å². The minimum Gasteiger partial charge on any atom is -0.733 e. The van der Waals surface area contributed by atoms with Crippen molar-refractivity contribution >= 4 is 37.0 Å². The van der Waals surface area contributed by atoms with Crippen LogP contribution in [0.3, 0.4) is 0 Å². The maximum Gasteiger partial charge on any atom is 0.263 e. The van der Waals surface area contributed by atoms with E-state index in [-0.39, 0.29) is 5.02 Å². The predicted octanol–water partition coefficient (Wildman–Crippen LogP) is 1.96. The number of anilines is 1. The van der Waals surface area contributed by atoms with Crippen molar-refractivity contribution in [3.8, 4) is 0 Å². The van der Waals surface area contributed by atoms with Gasteiger partial charge in [-0.15, -0.1) is 0 Å². The van der Waals surface area contributed by atoms with Crippen LogP contribution >= 0.6 is 22.3 Å². The van der Waals surface area contributed by atoms with Crippen LogP contribution in [0, 0.1) is 5.21 Å². The maximum atomic E-state index is 10.9. The molecule has 0 amide bonds. The monoisotopic (exact) mass is 256 g/mol. The number of benzene rings is 1. The van der Waals surface area contributed by atoms with Crippen LogP contribution in [0.5, 0.6) is 0 Å². The lowest BCUT2D eigenvalue weighted by Gasteiger charge is -2.23. The van der Waals surface area contributed by atoms with Gasteiger partial charge in [-0.1, -0.05) is 11.6 Å². The molecule has 1 aromatic carbocycles. The van der Waals surface area contributed by atoms with Crippen molar-refractivity contribution in [3.63, 3.8) is 0 Å². The van der Waals surface area contributed by atoms with E-state index in [2.05, 4.69) is 0 Å². The van der Waals surface area contributed by atoms with Crippen LogP contribution in [-0.4, -0.2) is 13.6 Å². The quantitative estimate of drug-likeness (QED) is 0.647. The molecular weight excluding hydrogens is 253 g/mol. The zero-order valence-electron chi connectivity index (χ0n) is 6.52. The standard InChI is InChI=1S/C6H4Cl2NO4S/c7-4-1-2-6(14(8,12)13)5(3-4)9(10)11/h1-3,10H/q-1. The molecule has 1 N–H and O–H groups in total. The molecule has 0 heterocycles. The fraction of sp³-hybridized carbons (Fsp3) is 0. The van der Waals surface area contributed by atoms with Gasteiger partial charge in [-0.05, 0) is 18.2 Å². The highest BCUT2D eigenvalue weighted by molar-refractivity contribution is 8.13. The molecule has 0 atom stereocenters. The van der Waals surface area contributed by atoms with Crippen molar-refractivity contribution in [2.45, 2.75) is 4.90 Å². The van der Waals surface area contributed by atoms with E-state index in [4.69, 9.17) is 27.5 Å². The molecule has 0 saturated carbocycles. The Balaban J connectivity index is 3.45. The van der Waals surface area contributed by atoms with Crippen LogP contribution < -0.4 is 5.23 Å². The van der Waals surface area contributed by atoms with Crippen molar-refractivity contribution in [3.05, 3.63) is 28.4 Å². The van der Waals surface area contributed by atoms with E-state index < -0.39 is 24.9 Å². The number of hydrogen-bond acceptors (Lipinski definition) is 5. The first-order valence-electron chi connectivity index (χ1n) is 3.22. The molecule has 0 saturated heterocycles. The average Bonchev–Trinajstić information content (AvgIpc) is 2.01. The van der Waals surface area contributed by atoms with Crippen LogP contribution in [0.2, 0.25) is 5.02 Å². The summed E-state index contributed by atoms with van der Waals surface area (Å²) in [6, 6.07) is 3.26. The third kappa shape index (κ3) is 2.49. The largest absolute Gasteiger partial charge is 0.733 e. The zero-order valence-corrected chi connectivity index (χ0v) is 8.84. The number of nitrogens with zero attached hydrogens (tertiary/aromatic N) is 1. The SMILES string of the molecule is O=S(=O)(Cl)c1ccc(Cl)cc1N([O-])O. The van der Waals surface area contributed by atoms with Crippen molar-refractivity contribution in [2.24, 2.45) is 0 Å². The average molecular weight is 257 g/mol. The molecule has 0 fully saturated rings. The fourth-order valence-corrected chi connectivity index (χ4v) is 2.02. The van der Waals surface area contributed by atoms with E-state index in [0.29, 0.717) is 0 Å². The maximum absolute atomic E-state index is 10.9. The van der Waals surface area contributed by atoms with Gasteiger partial charge in [0.25, 0.3) is 9.05 Å². The topological polar surface area (TPSA) is 80.7 Å². The Morgan fingerprint density at radius 1 is 1.43 bits per heavy atom. The summed E-state index contributed by atoms with van der Waals surface area (Å²) in [5.41, 5.74) is -0.521. The summed E-state index contributed by atoms with van der Waals surface area (Å²) in [4.78, 5) is -0.499. The van der Waals surface area contributed by atoms with Crippen LogP contribution in [0.25, 0.3) is 0 Å². The zero-order chi connectivity index (χ0) is 10.9. The molecule has 1 rings (SSSR count). The van der Waals surface area contributed by atoms with E-state index in [1.165, 1.54) is 6.07 Å². The second-order valence-corrected chi connectivity index (χ2v) is 5.29. The molecule has 78 valence electrons. The summed E-state index contributed by atoms with van der Waals surface area (Å²) in [5, 5.41) is 18.6. The van der Waals surface area contributed by atoms with E-state index >= 15 is 0 Å². The molecule has 14 heavy (non-hydrogen) atoms. The minimum atomic E-state index is -4.08. The number of rotatable bonds is 2. The van der Waals surface area contributed by atoms with Crippen molar-refractivity contribution < 1.29 is 13.6 Å². The van der Waals surface area contributed by atoms with E-state index in [1.54, 1.807) is 0 Å². The van der Waals surface area contributed by atoms with Crippen LogP contribution in [0.1, 0.15) is 0 Å². The highest BCUT2D eigenvalue weighted by atomic mass is 35.7. The first kappa shape index (κ1) is 11.5. The van der Waals surface area contributed by atoms with Crippen LogP contribution in [0.4, 0.5) is 5.69 Å². The van der Waals surface area contributed by atoms with E-state index in [1.807, 2.05) is 0 Å². The van der Waals surface area contributed by atoms with Crippen molar-refractivity contribution in [1.29, 1.82) is 0 Å². The molecule has 0 bridgehead atoms. The summed E-state index contributed by atoms with van der Waals surface area (Å²) in [5.74, 6) is 0. The van der Waals surface area contributed by atoms with Gasteiger partial charge < -0.3 is 10.4 Å². The summed E-state index contributed by atoms with van der Waals surface area (Å²) < 4.78 is 21.8. The molecule has 0 aliphatic rings. The second kappa shape index (κ2) is 3.92. The number of halogens is 2. The molecule has 8 heteroatoms. The highest BCUT2D eigenvalue weighted by Gasteiger charge is 2.16.